The molecule has 0 unspecified atom stereocenters. The number of benzene rings is 1. The summed E-state index contributed by atoms with van der Waals surface area (Å²) >= 11 is 0. The molecule has 5 heteroatoms. The Balaban J connectivity index is 1.84. The van der Waals surface area contributed by atoms with Gasteiger partial charge in [0.2, 0.25) is 6.79 Å². The van der Waals surface area contributed by atoms with E-state index in [0.717, 1.165) is 49.2 Å². The molecular weight excluding hydrogens is 284 g/mol. The van der Waals surface area contributed by atoms with Gasteiger partial charge in [0.15, 0.2) is 11.5 Å². The first-order valence-electron chi connectivity index (χ1n) is 7.89. The SMILES string of the molecule is COC(=O)[C@@H]1CCCC[C@]12OCCc1cc3c(cc12)OCO3. The van der Waals surface area contributed by atoms with Crippen LogP contribution in [-0.2, 0) is 26.3 Å². The van der Waals surface area contributed by atoms with Crippen LogP contribution in [0, 0.1) is 5.92 Å². The molecule has 1 saturated carbocycles. The van der Waals surface area contributed by atoms with Gasteiger partial charge in [0.05, 0.1) is 19.6 Å². The van der Waals surface area contributed by atoms with Crippen LogP contribution in [0.5, 0.6) is 11.5 Å². The maximum atomic E-state index is 12.3. The summed E-state index contributed by atoms with van der Waals surface area (Å²) in [6.07, 6.45) is 4.58. The molecule has 1 aromatic carbocycles. The number of hydrogen-bond donors (Lipinski definition) is 0. The third-order valence-corrected chi connectivity index (χ3v) is 5.12. The summed E-state index contributed by atoms with van der Waals surface area (Å²) in [5.41, 5.74) is 1.71. The van der Waals surface area contributed by atoms with Gasteiger partial charge < -0.3 is 18.9 Å². The van der Waals surface area contributed by atoms with Gasteiger partial charge in [-0.3, -0.25) is 4.79 Å². The summed E-state index contributed by atoms with van der Waals surface area (Å²) in [5, 5.41) is 0. The van der Waals surface area contributed by atoms with E-state index in [1.54, 1.807) is 0 Å². The topological polar surface area (TPSA) is 54.0 Å². The van der Waals surface area contributed by atoms with Crippen LogP contribution in [0.1, 0.15) is 36.8 Å². The Kier molecular flexibility index (Phi) is 3.26. The lowest BCUT2D eigenvalue weighted by atomic mass is 9.68. The molecule has 0 saturated heterocycles. The van der Waals surface area contributed by atoms with Crippen molar-refractivity contribution in [3.8, 4) is 11.5 Å². The summed E-state index contributed by atoms with van der Waals surface area (Å²) < 4.78 is 22.3. The molecule has 4 rings (SSSR count). The van der Waals surface area contributed by atoms with E-state index in [9.17, 15) is 4.79 Å². The minimum atomic E-state index is -0.570. The van der Waals surface area contributed by atoms with Gasteiger partial charge in [0, 0.05) is 0 Å². The largest absolute Gasteiger partial charge is 0.469 e. The fourth-order valence-electron chi connectivity index (χ4n) is 4.09. The minimum Gasteiger partial charge on any atom is -0.469 e. The molecule has 22 heavy (non-hydrogen) atoms. The zero-order chi connectivity index (χ0) is 15.2. The van der Waals surface area contributed by atoms with E-state index in [2.05, 4.69) is 0 Å². The molecule has 0 bridgehead atoms. The smallest absolute Gasteiger partial charge is 0.311 e. The molecule has 0 amide bonds. The standard InChI is InChI=1S/C17H20O5/c1-19-16(18)12-4-2-3-6-17(12)13-9-15-14(20-10-21-15)8-11(13)5-7-22-17/h8-9,12H,2-7,10H2,1H3/t12-,17-/m0/s1. The number of carbonyl (C=O) groups excluding carboxylic acids is 1. The summed E-state index contributed by atoms with van der Waals surface area (Å²) in [6.45, 7) is 0.882. The second-order valence-corrected chi connectivity index (χ2v) is 6.17. The third-order valence-electron chi connectivity index (χ3n) is 5.12. The molecule has 2 aliphatic heterocycles. The average Bonchev–Trinajstić information content (AvgIpc) is 3.01. The number of esters is 1. The van der Waals surface area contributed by atoms with Gasteiger partial charge in [-0.1, -0.05) is 12.8 Å². The molecule has 118 valence electrons. The molecule has 2 heterocycles. The molecule has 5 nitrogen and oxygen atoms in total. The molecule has 3 aliphatic rings. The highest BCUT2D eigenvalue weighted by Gasteiger charge is 2.50. The molecule has 1 aromatic rings. The lowest BCUT2D eigenvalue weighted by molar-refractivity contribution is -0.172. The quantitative estimate of drug-likeness (QED) is 0.746. The van der Waals surface area contributed by atoms with Gasteiger partial charge in [-0.25, -0.2) is 0 Å². The van der Waals surface area contributed by atoms with E-state index in [1.165, 1.54) is 12.7 Å². The van der Waals surface area contributed by atoms with Crippen molar-refractivity contribution in [2.24, 2.45) is 5.92 Å². The van der Waals surface area contributed by atoms with Gasteiger partial charge in [-0.2, -0.15) is 0 Å². The maximum absolute atomic E-state index is 12.3. The Morgan fingerprint density at radius 3 is 2.91 bits per heavy atom. The molecule has 0 aromatic heterocycles. The first-order valence-corrected chi connectivity index (χ1v) is 7.89. The van der Waals surface area contributed by atoms with Gasteiger partial charge in [0.25, 0.3) is 0 Å². The number of carbonyl (C=O) groups is 1. The van der Waals surface area contributed by atoms with Crippen molar-refractivity contribution >= 4 is 5.97 Å². The Morgan fingerprint density at radius 2 is 2.09 bits per heavy atom. The van der Waals surface area contributed by atoms with Crippen LogP contribution in [0.25, 0.3) is 0 Å². The average molecular weight is 304 g/mol. The first kappa shape index (κ1) is 13.9. The summed E-state index contributed by atoms with van der Waals surface area (Å²) in [6, 6.07) is 4.06. The van der Waals surface area contributed by atoms with E-state index in [-0.39, 0.29) is 18.7 Å². The van der Waals surface area contributed by atoms with Crippen molar-refractivity contribution in [2.45, 2.75) is 37.7 Å². The van der Waals surface area contributed by atoms with Crippen molar-refractivity contribution in [1.82, 2.24) is 0 Å². The second-order valence-electron chi connectivity index (χ2n) is 6.17. The molecular formula is C17H20O5. The molecule has 0 radical (unpaired) electrons. The lowest BCUT2D eigenvalue weighted by Gasteiger charge is -2.46. The molecule has 1 fully saturated rings. The molecule has 1 spiro atoms. The summed E-state index contributed by atoms with van der Waals surface area (Å²) in [7, 11) is 1.45. The van der Waals surface area contributed by atoms with Crippen molar-refractivity contribution in [3.05, 3.63) is 23.3 Å². The molecule has 0 N–H and O–H groups in total. The van der Waals surface area contributed by atoms with Crippen LogP contribution in [0.15, 0.2) is 12.1 Å². The van der Waals surface area contributed by atoms with Gasteiger partial charge in [-0.05, 0) is 42.5 Å². The van der Waals surface area contributed by atoms with Crippen molar-refractivity contribution < 1.29 is 23.7 Å². The van der Waals surface area contributed by atoms with Crippen molar-refractivity contribution in [1.29, 1.82) is 0 Å². The van der Waals surface area contributed by atoms with Crippen molar-refractivity contribution in [3.63, 3.8) is 0 Å². The third kappa shape index (κ3) is 1.92. The Bertz CT molecular complexity index is 611. The van der Waals surface area contributed by atoms with Crippen LogP contribution < -0.4 is 9.47 Å². The van der Waals surface area contributed by atoms with Gasteiger partial charge in [-0.15, -0.1) is 0 Å². The van der Waals surface area contributed by atoms with E-state index >= 15 is 0 Å². The van der Waals surface area contributed by atoms with Crippen LogP contribution in [-0.4, -0.2) is 26.5 Å². The van der Waals surface area contributed by atoms with Gasteiger partial charge in [0.1, 0.15) is 5.60 Å². The van der Waals surface area contributed by atoms with Gasteiger partial charge >= 0.3 is 5.97 Å². The van der Waals surface area contributed by atoms with E-state index in [4.69, 9.17) is 18.9 Å². The van der Waals surface area contributed by atoms with Crippen LogP contribution in [0.4, 0.5) is 0 Å². The summed E-state index contributed by atoms with van der Waals surface area (Å²) in [4.78, 5) is 12.3. The Hall–Kier alpha value is -1.75. The predicted molar refractivity (Wildman–Crippen MR) is 77.9 cm³/mol. The van der Waals surface area contributed by atoms with Crippen LogP contribution >= 0.6 is 0 Å². The van der Waals surface area contributed by atoms with Crippen LogP contribution in [0.2, 0.25) is 0 Å². The van der Waals surface area contributed by atoms with Crippen LogP contribution in [0.3, 0.4) is 0 Å². The Labute approximate surface area is 129 Å². The highest BCUT2D eigenvalue weighted by Crippen LogP contribution is 2.51. The van der Waals surface area contributed by atoms with E-state index < -0.39 is 5.60 Å². The monoisotopic (exact) mass is 304 g/mol. The summed E-state index contributed by atoms with van der Waals surface area (Å²) in [5.74, 6) is 1.12. The number of ether oxygens (including phenoxy) is 4. The second kappa shape index (κ2) is 5.16. The minimum absolute atomic E-state index is 0.176. The van der Waals surface area contributed by atoms with E-state index in [0.29, 0.717) is 6.61 Å². The number of rotatable bonds is 1. The zero-order valence-electron chi connectivity index (χ0n) is 12.7. The Morgan fingerprint density at radius 1 is 1.27 bits per heavy atom. The fourth-order valence-corrected chi connectivity index (χ4v) is 4.09. The highest BCUT2D eigenvalue weighted by atomic mass is 16.7. The highest BCUT2D eigenvalue weighted by molar-refractivity contribution is 5.75. The number of fused-ring (bicyclic) bond motifs is 3. The van der Waals surface area contributed by atoms with E-state index in [1.807, 2.05) is 12.1 Å². The maximum Gasteiger partial charge on any atom is 0.311 e. The van der Waals surface area contributed by atoms with Crippen molar-refractivity contribution in [2.75, 3.05) is 20.5 Å². The molecule has 2 atom stereocenters. The fraction of sp³-hybridized carbons (Fsp3) is 0.588. The lowest BCUT2D eigenvalue weighted by Crippen LogP contribution is -2.48. The zero-order valence-corrected chi connectivity index (χ0v) is 12.7. The number of hydrogen-bond acceptors (Lipinski definition) is 5. The number of methoxy groups -OCH3 is 1. The predicted octanol–water partition coefficient (Wildman–Crippen LogP) is 2.55. The normalized spacial score (nSPS) is 29.2. The first-order chi connectivity index (χ1) is 10.7. The molecule has 1 aliphatic carbocycles.